The molecule has 0 saturated carbocycles. The monoisotopic (exact) mass is 916 g/mol. The fourth-order valence-corrected chi connectivity index (χ4v) is 16.2. The summed E-state index contributed by atoms with van der Waals surface area (Å²) in [5.74, 6) is 0. The van der Waals surface area contributed by atoms with Gasteiger partial charge in [0.25, 0.3) is 6.71 Å². The first-order chi connectivity index (χ1) is 35.2. The summed E-state index contributed by atoms with van der Waals surface area (Å²) in [6.07, 6.45) is 0. The van der Waals surface area contributed by atoms with Gasteiger partial charge in [-0.2, -0.15) is 0 Å². The van der Waals surface area contributed by atoms with Gasteiger partial charge in [0, 0.05) is 43.7 Å². The molecule has 2 spiro atoms. The first-order valence-corrected chi connectivity index (χ1v) is 25.8. The van der Waals surface area contributed by atoms with Crippen LogP contribution in [0.2, 0.25) is 0 Å². The molecular formula is C67H41BN2S. The predicted molar refractivity (Wildman–Crippen MR) is 296 cm³/mol. The van der Waals surface area contributed by atoms with E-state index in [4.69, 9.17) is 0 Å². The van der Waals surface area contributed by atoms with Gasteiger partial charge in [0.05, 0.1) is 16.5 Å². The van der Waals surface area contributed by atoms with Crippen molar-refractivity contribution < 1.29 is 0 Å². The number of rotatable bonds is 2. The average molecular weight is 917 g/mol. The van der Waals surface area contributed by atoms with Crippen molar-refractivity contribution in [1.29, 1.82) is 0 Å². The first kappa shape index (κ1) is 38.4. The summed E-state index contributed by atoms with van der Waals surface area (Å²) < 4.78 is 1.40. The molecule has 10 aromatic carbocycles. The van der Waals surface area contributed by atoms with Gasteiger partial charge in [0.15, 0.2) is 0 Å². The SMILES string of the molecule is Cc1ccc(N2c3cc4c(cc3B3c5sc6c(c5N(c5ccccc5)c5cccc2c53)-c2ccccc2C62c3ccccc3-c3ccccc32)C2(c3ccccc3-c3ccccc32)c2ccccc2-4)cc1. The van der Waals surface area contributed by atoms with Crippen LogP contribution in [0.1, 0.15) is 49.4 Å². The quantitative estimate of drug-likeness (QED) is 0.159. The molecule has 4 heteroatoms. The van der Waals surface area contributed by atoms with E-state index < -0.39 is 10.8 Å². The summed E-state index contributed by atoms with van der Waals surface area (Å²) in [6.45, 7) is 2.13. The van der Waals surface area contributed by atoms with Crippen LogP contribution in [0.25, 0.3) is 44.5 Å². The van der Waals surface area contributed by atoms with Crippen molar-refractivity contribution >= 4 is 67.9 Å². The maximum Gasteiger partial charge on any atom is 0.264 e. The van der Waals surface area contributed by atoms with Gasteiger partial charge in [-0.05, 0) is 138 Å². The van der Waals surface area contributed by atoms with E-state index in [-0.39, 0.29) is 6.71 Å². The molecule has 0 unspecified atom stereocenters. The van der Waals surface area contributed by atoms with E-state index in [0.29, 0.717) is 0 Å². The maximum atomic E-state index is 2.69. The van der Waals surface area contributed by atoms with Gasteiger partial charge in [-0.3, -0.25) is 0 Å². The van der Waals surface area contributed by atoms with E-state index in [0.717, 1.165) is 0 Å². The Morgan fingerprint density at radius 3 is 1.38 bits per heavy atom. The Balaban J connectivity index is 1.03. The van der Waals surface area contributed by atoms with Gasteiger partial charge in [0.2, 0.25) is 0 Å². The van der Waals surface area contributed by atoms with Crippen LogP contribution < -0.4 is 25.5 Å². The second-order valence-electron chi connectivity index (χ2n) is 20.2. The summed E-state index contributed by atoms with van der Waals surface area (Å²) in [7, 11) is 0. The fourth-order valence-electron chi connectivity index (χ4n) is 14.6. The summed E-state index contributed by atoms with van der Waals surface area (Å²) in [4.78, 5) is 6.64. The molecule has 0 fully saturated rings. The highest BCUT2D eigenvalue weighted by molar-refractivity contribution is 7.30. The zero-order valence-electron chi connectivity index (χ0n) is 38.8. The number of nitrogens with zero attached hydrogens (tertiary/aromatic N) is 2. The standard InChI is InChI=1S/C67H41BN2S/c1-40-34-36-42(37-35-40)69-58-32-17-33-59-62(58)68(57-39-56-49(38-60(57)69)47-24-9-13-28-52(47)66(56)50-26-11-5-20-43(50)44-21-6-12-27-51(44)66)65-63(70(59)41-18-3-2-4-19-41)61-48-25-10-16-31-55(48)67(64(61)71-65)53-29-14-7-22-45(53)46-23-8-15-30-54(46)67/h2-39H,1H3. The van der Waals surface area contributed by atoms with Crippen LogP contribution in [-0.2, 0) is 10.8 Å². The lowest BCUT2D eigenvalue weighted by Crippen LogP contribution is -2.60. The molecule has 17 rings (SSSR count). The second kappa shape index (κ2) is 13.5. The number of thiophene rings is 1. The molecule has 0 saturated heterocycles. The molecule has 4 aliphatic carbocycles. The van der Waals surface area contributed by atoms with Crippen LogP contribution in [-0.4, -0.2) is 6.71 Å². The highest BCUT2D eigenvalue weighted by Gasteiger charge is 2.58. The van der Waals surface area contributed by atoms with E-state index in [1.807, 2.05) is 0 Å². The van der Waals surface area contributed by atoms with Crippen LogP contribution in [0.3, 0.4) is 0 Å². The average Bonchev–Trinajstić information content (AvgIpc) is 4.21. The zero-order chi connectivity index (χ0) is 46.3. The summed E-state index contributed by atoms with van der Waals surface area (Å²) in [6, 6.07) is 88.2. The lowest BCUT2D eigenvalue weighted by molar-refractivity contribution is 0.794. The van der Waals surface area contributed by atoms with Crippen molar-refractivity contribution in [3.05, 3.63) is 280 Å². The van der Waals surface area contributed by atoms with E-state index >= 15 is 0 Å². The number of benzene rings is 10. The number of anilines is 6. The van der Waals surface area contributed by atoms with Crippen molar-refractivity contribution in [1.82, 2.24) is 0 Å². The predicted octanol–water partition coefficient (Wildman–Crippen LogP) is 14.8. The normalized spacial score (nSPS) is 15.3. The minimum absolute atomic E-state index is 0.0579. The van der Waals surface area contributed by atoms with Crippen molar-refractivity contribution in [3.63, 3.8) is 0 Å². The molecule has 0 N–H and O–H groups in total. The third-order valence-electron chi connectivity index (χ3n) is 17.1. The minimum Gasteiger partial charge on any atom is -0.311 e. The molecule has 0 bridgehead atoms. The fraction of sp³-hybridized carbons (Fsp3) is 0.0448. The number of para-hydroxylation sites is 1. The number of hydrogen-bond donors (Lipinski definition) is 0. The first-order valence-electron chi connectivity index (χ1n) is 25.0. The Labute approximate surface area is 417 Å². The smallest absolute Gasteiger partial charge is 0.264 e. The maximum absolute atomic E-state index is 2.69. The largest absolute Gasteiger partial charge is 0.311 e. The highest BCUT2D eigenvalue weighted by atomic mass is 32.1. The van der Waals surface area contributed by atoms with Gasteiger partial charge < -0.3 is 9.80 Å². The van der Waals surface area contributed by atoms with Gasteiger partial charge in [0.1, 0.15) is 0 Å². The second-order valence-corrected chi connectivity index (χ2v) is 21.3. The summed E-state index contributed by atoms with van der Waals surface area (Å²) >= 11 is 2.07. The van der Waals surface area contributed by atoms with Gasteiger partial charge in [-0.15, -0.1) is 11.3 Å². The Bertz CT molecular complexity index is 4070. The van der Waals surface area contributed by atoms with E-state index in [1.54, 1.807) is 0 Å². The molecule has 0 amide bonds. The van der Waals surface area contributed by atoms with Gasteiger partial charge in [-0.25, -0.2) is 0 Å². The summed E-state index contributed by atoms with van der Waals surface area (Å²) in [5, 5.41) is 0. The highest BCUT2D eigenvalue weighted by Crippen LogP contribution is 2.68. The van der Waals surface area contributed by atoms with Crippen LogP contribution >= 0.6 is 11.3 Å². The molecule has 6 aliphatic rings. The Kier molecular flexibility index (Phi) is 7.28. The van der Waals surface area contributed by atoms with Crippen LogP contribution in [0.15, 0.2) is 231 Å². The molecule has 2 nitrogen and oxygen atoms in total. The molecule has 11 aromatic rings. The van der Waals surface area contributed by atoms with Gasteiger partial charge in [-0.1, -0.05) is 194 Å². The lowest BCUT2D eigenvalue weighted by Gasteiger charge is -2.44. The van der Waals surface area contributed by atoms with Crippen LogP contribution in [0.4, 0.5) is 34.1 Å². The van der Waals surface area contributed by atoms with Crippen molar-refractivity contribution in [2.24, 2.45) is 0 Å². The third-order valence-corrected chi connectivity index (χ3v) is 18.5. The van der Waals surface area contributed by atoms with Crippen LogP contribution in [0, 0.1) is 6.92 Å². The molecule has 1 aromatic heterocycles. The topological polar surface area (TPSA) is 6.48 Å². The minimum atomic E-state index is -0.479. The van der Waals surface area contributed by atoms with E-state index in [2.05, 4.69) is 259 Å². The molecule has 0 radical (unpaired) electrons. The van der Waals surface area contributed by atoms with Crippen molar-refractivity contribution in [2.45, 2.75) is 17.8 Å². The van der Waals surface area contributed by atoms with Crippen LogP contribution in [0.5, 0.6) is 0 Å². The zero-order valence-corrected chi connectivity index (χ0v) is 39.6. The van der Waals surface area contributed by atoms with E-state index in [1.165, 1.54) is 144 Å². The van der Waals surface area contributed by atoms with Gasteiger partial charge >= 0.3 is 0 Å². The molecular weight excluding hydrogens is 876 g/mol. The van der Waals surface area contributed by atoms with Crippen molar-refractivity contribution in [2.75, 3.05) is 9.80 Å². The molecule has 71 heavy (non-hydrogen) atoms. The molecule has 3 heterocycles. The Hall–Kier alpha value is -8.44. The number of aryl methyl sites for hydroxylation is 1. The number of hydrogen-bond acceptors (Lipinski definition) is 3. The molecule has 328 valence electrons. The summed E-state index contributed by atoms with van der Waals surface area (Å²) in [5.41, 5.74) is 30.6. The lowest BCUT2D eigenvalue weighted by atomic mass is 9.36. The Morgan fingerprint density at radius 2 is 0.817 bits per heavy atom. The van der Waals surface area contributed by atoms with E-state index in [9.17, 15) is 0 Å². The molecule has 2 aliphatic heterocycles. The third kappa shape index (κ3) is 4.45. The van der Waals surface area contributed by atoms with Crippen molar-refractivity contribution in [3.8, 4) is 44.5 Å². The molecule has 0 atom stereocenters. The number of fused-ring (bicyclic) bond motifs is 25. The Morgan fingerprint density at radius 1 is 0.366 bits per heavy atom.